The summed E-state index contributed by atoms with van der Waals surface area (Å²) < 4.78 is 2.60. The highest BCUT2D eigenvalue weighted by atomic mass is 32.1. The van der Waals surface area contributed by atoms with Crippen LogP contribution in [-0.4, -0.2) is 19.7 Å². The molecule has 4 aromatic rings. The minimum absolute atomic E-state index is 0.598. The lowest BCUT2D eigenvalue weighted by molar-refractivity contribution is 1.03. The molecule has 5 heteroatoms. The molecule has 0 radical (unpaired) electrons. The number of rotatable bonds is 2. The third-order valence-electron chi connectivity index (χ3n) is 4.99. The highest BCUT2D eigenvalue weighted by molar-refractivity contribution is 7.71. The summed E-state index contributed by atoms with van der Waals surface area (Å²) in [6.45, 7) is 8.46. The number of fused-ring (bicyclic) bond motifs is 1. The van der Waals surface area contributed by atoms with Gasteiger partial charge in [0.2, 0.25) is 0 Å². The first-order chi connectivity index (χ1) is 12.0. The zero-order valence-electron chi connectivity index (χ0n) is 14.8. The number of aromatic nitrogens is 4. The Kier molecular flexibility index (Phi) is 3.62. The normalized spacial score (nSPS) is 11.4. The van der Waals surface area contributed by atoms with Gasteiger partial charge in [-0.15, -0.1) is 0 Å². The maximum Gasteiger partial charge on any atom is 0.200 e. The molecule has 2 N–H and O–H groups in total. The molecule has 126 valence electrons. The van der Waals surface area contributed by atoms with Crippen LogP contribution in [0.4, 0.5) is 0 Å². The number of nitrogens with one attached hydrogen (secondary N) is 2. The van der Waals surface area contributed by atoms with Crippen molar-refractivity contribution in [1.82, 2.24) is 19.7 Å². The van der Waals surface area contributed by atoms with Crippen LogP contribution >= 0.6 is 12.2 Å². The van der Waals surface area contributed by atoms with Crippen LogP contribution in [0.15, 0.2) is 36.4 Å². The smallest absolute Gasteiger partial charge is 0.200 e. The van der Waals surface area contributed by atoms with Gasteiger partial charge in [0.1, 0.15) is 0 Å². The molecule has 0 amide bonds. The van der Waals surface area contributed by atoms with Crippen molar-refractivity contribution < 1.29 is 0 Å². The van der Waals surface area contributed by atoms with E-state index in [0.29, 0.717) is 4.77 Å². The largest absolute Gasteiger partial charge is 0.358 e. The monoisotopic (exact) mass is 348 g/mol. The van der Waals surface area contributed by atoms with Crippen molar-refractivity contribution in [3.63, 3.8) is 0 Å². The van der Waals surface area contributed by atoms with Crippen molar-refractivity contribution in [1.29, 1.82) is 0 Å². The van der Waals surface area contributed by atoms with E-state index in [9.17, 15) is 0 Å². The Labute approximate surface area is 151 Å². The van der Waals surface area contributed by atoms with E-state index >= 15 is 0 Å². The molecule has 2 aromatic heterocycles. The van der Waals surface area contributed by atoms with Crippen molar-refractivity contribution in [2.75, 3.05) is 0 Å². The summed E-state index contributed by atoms with van der Waals surface area (Å²) in [6.07, 6.45) is 0. The van der Waals surface area contributed by atoms with E-state index in [2.05, 4.69) is 79.3 Å². The number of H-pyrrole nitrogens is 2. The predicted molar refractivity (Wildman–Crippen MR) is 105 cm³/mol. The summed E-state index contributed by atoms with van der Waals surface area (Å²) in [5.41, 5.74) is 8.17. The Balaban J connectivity index is 1.94. The minimum atomic E-state index is 0.598. The predicted octanol–water partition coefficient (Wildman–Crippen LogP) is 5.31. The van der Waals surface area contributed by atoms with Gasteiger partial charge in [0.05, 0.1) is 5.69 Å². The van der Waals surface area contributed by atoms with Gasteiger partial charge in [-0.05, 0) is 86.9 Å². The number of benzene rings is 2. The maximum atomic E-state index is 5.50. The first kappa shape index (κ1) is 15.8. The molecule has 2 aromatic carbocycles. The Morgan fingerprint density at radius 2 is 1.76 bits per heavy atom. The zero-order chi connectivity index (χ0) is 17.7. The number of hydrogen-bond donors (Lipinski definition) is 2. The minimum Gasteiger partial charge on any atom is -0.358 e. The highest BCUT2D eigenvalue weighted by Crippen LogP contribution is 2.28. The molecule has 25 heavy (non-hydrogen) atoms. The Morgan fingerprint density at radius 1 is 0.960 bits per heavy atom. The SMILES string of the molecule is Cc1ccc(-n2c(-c3ccc4[nH]c(C)c(C)c4c3)n[nH]c2=S)cc1C. The van der Waals surface area contributed by atoms with E-state index in [1.807, 2.05) is 4.57 Å². The van der Waals surface area contributed by atoms with E-state index in [1.165, 1.54) is 27.8 Å². The van der Waals surface area contributed by atoms with Crippen LogP contribution in [0.2, 0.25) is 0 Å². The topological polar surface area (TPSA) is 49.4 Å². The molecule has 4 rings (SSSR count). The molecule has 0 spiro atoms. The molecule has 0 aliphatic heterocycles. The van der Waals surface area contributed by atoms with Crippen LogP contribution in [0.25, 0.3) is 28.0 Å². The van der Waals surface area contributed by atoms with Gasteiger partial charge in [-0.2, -0.15) is 5.10 Å². The van der Waals surface area contributed by atoms with Crippen LogP contribution in [0.5, 0.6) is 0 Å². The standard InChI is InChI=1S/C20H20N4S/c1-11-5-7-16(9-12(11)2)24-19(22-23-20(24)25)15-6-8-18-17(10-15)13(3)14(4)21-18/h5-10,21H,1-4H3,(H,23,25). The average molecular weight is 348 g/mol. The molecule has 4 nitrogen and oxygen atoms in total. The van der Waals surface area contributed by atoms with Gasteiger partial charge in [0.15, 0.2) is 10.6 Å². The Bertz CT molecular complexity index is 1160. The van der Waals surface area contributed by atoms with Gasteiger partial charge >= 0.3 is 0 Å². The summed E-state index contributed by atoms with van der Waals surface area (Å²) in [5, 5.41) is 8.66. The van der Waals surface area contributed by atoms with Gasteiger partial charge in [-0.25, -0.2) is 0 Å². The van der Waals surface area contributed by atoms with E-state index in [0.717, 1.165) is 22.6 Å². The third-order valence-corrected chi connectivity index (χ3v) is 5.26. The maximum absolute atomic E-state index is 5.50. The third kappa shape index (κ3) is 2.51. The van der Waals surface area contributed by atoms with Crippen molar-refractivity contribution in [2.45, 2.75) is 27.7 Å². The molecule has 0 fully saturated rings. The van der Waals surface area contributed by atoms with Crippen molar-refractivity contribution in [3.05, 3.63) is 63.6 Å². The molecular formula is C20H20N4S. The lowest BCUT2D eigenvalue weighted by Gasteiger charge is -2.09. The van der Waals surface area contributed by atoms with Crippen molar-refractivity contribution in [2.24, 2.45) is 0 Å². The lowest BCUT2D eigenvalue weighted by atomic mass is 10.1. The quantitative estimate of drug-likeness (QED) is 0.482. The fraction of sp³-hybridized carbons (Fsp3) is 0.200. The number of hydrogen-bond acceptors (Lipinski definition) is 2. The van der Waals surface area contributed by atoms with Gasteiger partial charge in [0, 0.05) is 22.2 Å². The summed E-state index contributed by atoms with van der Waals surface area (Å²) in [4.78, 5) is 3.42. The lowest BCUT2D eigenvalue weighted by Crippen LogP contribution is -1.99. The second-order valence-electron chi connectivity index (χ2n) is 6.59. The van der Waals surface area contributed by atoms with Crippen LogP contribution < -0.4 is 0 Å². The van der Waals surface area contributed by atoms with Crippen molar-refractivity contribution >= 4 is 23.1 Å². The van der Waals surface area contributed by atoms with Gasteiger partial charge in [0.25, 0.3) is 0 Å². The molecule has 0 bridgehead atoms. The van der Waals surface area contributed by atoms with Crippen LogP contribution in [0.3, 0.4) is 0 Å². The second-order valence-corrected chi connectivity index (χ2v) is 6.98. The molecule has 0 unspecified atom stereocenters. The van der Waals surface area contributed by atoms with Gasteiger partial charge in [-0.1, -0.05) is 6.07 Å². The Hall–Kier alpha value is -2.66. The van der Waals surface area contributed by atoms with Crippen LogP contribution in [-0.2, 0) is 0 Å². The molecule has 0 atom stereocenters. The van der Waals surface area contributed by atoms with Crippen LogP contribution in [0, 0.1) is 32.5 Å². The Morgan fingerprint density at radius 3 is 2.52 bits per heavy atom. The van der Waals surface area contributed by atoms with E-state index in [4.69, 9.17) is 12.2 Å². The van der Waals surface area contributed by atoms with E-state index < -0.39 is 0 Å². The van der Waals surface area contributed by atoms with Crippen molar-refractivity contribution in [3.8, 4) is 17.1 Å². The fourth-order valence-electron chi connectivity index (χ4n) is 3.20. The van der Waals surface area contributed by atoms with E-state index in [1.54, 1.807) is 0 Å². The first-order valence-corrected chi connectivity index (χ1v) is 8.71. The average Bonchev–Trinajstić information content (AvgIpc) is 3.11. The molecule has 0 aliphatic rings. The summed E-state index contributed by atoms with van der Waals surface area (Å²) in [5.74, 6) is 0.827. The van der Waals surface area contributed by atoms with E-state index in [-0.39, 0.29) is 0 Å². The highest BCUT2D eigenvalue weighted by Gasteiger charge is 2.13. The molecule has 0 saturated heterocycles. The van der Waals surface area contributed by atoms with Crippen LogP contribution in [0.1, 0.15) is 22.4 Å². The molecule has 0 aliphatic carbocycles. The molecule has 0 saturated carbocycles. The zero-order valence-corrected chi connectivity index (χ0v) is 15.6. The fourth-order valence-corrected chi connectivity index (χ4v) is 3.43. The second kappa shape index (κ2) is 5.70. The molecule has 2 heterocycles. The van der Waals surface area contributed by atoms with Gasteiger partial charge < -0.3 is 4.98 Å². The van der Waals surface area contributed by atoms with Gasteiger partial charge in [-0.3, -0.25) is 9.67 Å². The number of aromatic amines is 2. The first-order valence-electron chi connectivity index (χ1n) is 8.30. The molecular weight excluding hydrogens is 328 g/mol. The number of nitrogens with zero attached hydrogens (tertiary/aromatic N) is 2. The summed E-state index contributed by atoms with van der Waals surface area (Å²) >= 11 is 5.50. The summed E-state index contributed by atoms with van der Waals surface area (Å²) in [6, 6.07) is 12.7. The summed E-state index contributed by atoms with van der Waals surface area (Å²) in [7, 11) is 0. The number of aryl methyl sites for hydroxylation is 4.